The quantitative estimate of drug-likeness (QED) is 0.164. The van der Waals surface area contributed by atoms with Crippen LogP contribution in [0.2, 0.25) is 0 Å². The molecule has 7 aromatic rings. The van der Waals surface area contributed by atoms with Gasteiger partial charge in [0.05, 0.1) is 5.58 Å². The first kappa shape index (κ1) is 23.9. The molecule has 4 heterocycles. The Morgan fingerprint density at radius 3 is 2.38 bits per heavy atom. The molecule has 45 heavy (non-hydrogen) atoms. The van der Waals surface area contributed by atoms with Gasteiger partial charge in [-0.1, -0.05) is 80.3 Å². The Kier molecular flexibility index (Phi) is 7.49. The number of fused-ring (bicyclic) bond motifs is 3. The van der Waals surface area contributed by atoms with Crippen LogP contribution in [0.1, 0.15) is 52.8 Å². The molecule has 5 heteroatoms. The van der Waals surface area contributed by atoms with Crippen LogP contribution in [0.4, 0.5) is 0 Å². The number of aryl methyl sites for hydroxylation is 3. The Labute approximate surface area is 288 Å². The van der Waals surface area contributed by atoms with Crippen LogP contribution in [-0.2, 0) is 38.3 Å². The fraction of sp³-hybridized carbons (Fsp3) is 0.175. The van der Waals surface area contributed by atoms with E-state index in [4.69, 9.17) is 14.0 Å². The minimum atomic E-state index is -2.39. The molecule has 0 N–H and O–H groups in total. The Hall–Kier alpha value is -4.44. The summed E-state index contributed by atoms with van der Waals surface area (Å²) in [5.74, 6) is 0. The van der Waals surface area contributed by atoms with Crippen molar-refractivity contribution in [3.05, 3.63) is 150 Å². The van der Waals surface area contributed by atoms with E-state index < -0.39 is 19.6 Å². The monoisotopic (exact) mass is 773 g/mol. The largest absolute Gasteiger partial charge is 0.486 e. The minimum absolute atomic E-state index is 0. The maximum absolute atomic E-state index is 8.65. The molecular formula is C40H35IrN3O-2. The van der Waals surface area contributed by atoms with E-state index in [1.54, 1.807) is 60.8 Å². The molecule has 0 aliphatic rings. The van der Waals surface area contributed by atoms with E-state index in [1.165, 1.54) is 12.3 Å². The van der Waals surface area contributed by atoms with Crippen molar-refractivity contribution in [2.45, 2.75) is 45.8 Å². The molecule has 4 nitrogen and oxygen atoms in total. The molecule has 0 bridgehead atoms. The molecule has 0 saturated heterocycles. The van der Waals surface area contributed by atoms with E-state index >= 15 is 0 Å². The second kappa shape index (κ2) is 14.1. The summed E-state index contributed by atoms with van der Waals surface area (Å²) in [6, 6.07) is 36.4. The predicted octanol–water partition coefficient (Wildman–Crippen LogP) is 9.78. The summed E-state index contributed by atoms with van der Waals surface area (Å²) in [5.41, 5.74) is 5.42. The van der Waals surface area contributed by atoms with Crippen molar-refractivity contribution in [3.63, 3.8) is 0 Å². The van der Waals surface area contributed by atoms with E-state index in [2.05, 4.69) is 47.9 Å². The zero-order valence-corrected chi connectivity index (χ0v) is 27.4. The molecule has 0 atom stereocenters. The average molecular weight is 773 g/mol. The smallest absolute Gasteiger partial charge is 0.216 e. The zero-order valence-electron chi connectivity index (χ0n) is 32.1. The number of aromatic nitrogens is 3. The van der Waals surface area contributed by atoms with Crippen LogP contribution in [-0.4, -0.2) is 15.0 Å². The summed E-state index contributed by atoms with van der Waals surface area (Å²) in [4.78, 5) is 13.1. The predicted molar refractivity (Wildman–Crippen MR) is 179 cm³/mol. The number of rotatable bonds is 5. The maximum Gasteiger partial charge on any atom is 0.216 e. The summed E-state index contributed by atoms with van der Waals surface area (Å²) in [5, 5.41) is 1.55. The Balaban J connectivity index is 0.000000258. The molecule has 0 aliphatic carbocycles. The molecule has 7 rings (SSSR count). The van der Waals surface area contributed by atoms with Gasteiger partial charge in [0.15, 0.2) is 0 Å². The van der Waals surface area contributed by atoms with Gasteiger partial charge in [-0.3, -0.25) is 0 Å². The molecule has 0 aliphatic heterocycles. The molecule has 0 fully saturated rings. The van der Waals surface area contributed by atoms with Gasteiger partial charge < -0.3 is 14.4 Å². The van der Waals surface area contributed by atoms with Gasteiger partial charge in [0.25, 0.3) is 0 Å². The van der Waals surface area contributed by atoms with Gasteiger partial charge in [0.1, 0.15) is 0 Å². The average Bonchev–Trinajstić information content (AvgIpc) is 3.50. The van der Waals surface area contributed by atoms with E-state index in [-0.39, 0.29) is 48.1 Å². The Bertz CT molecular complexity index is 2290. The van der Waals surface area contributed by atoms with Crippen LogP contribution in [0.15, 0.2) is 120 Å². The van der Waals surface area contributed by atoms with Crippen LogP contribution in [0.5, 0.6) is 0 Å². The van der Waals surface area contributed by atoms with Crippen molar-refractivity contribution in [3.8, 4) is 22.5 Å². The van der Waals surface area contributed by atoms with Gasteiger partial charge in [-0.05, 0) is 71.3 Å². The van der Waals surface area contributed by atoms with Crippen LogP contribution < -0.4 is 0 Å². The third kappa shape index (κ3) is 7.62. The van der Waals surface area contributed by atoms with Crippen molar-refractivity contribution < 1.29 is 34.1 Å². The van der Waals surface area contributed by atoms with Crippen LogP contribution in [0, 0.1) is 19.0 Å². The molecule has 0 amide bonds. The number of nitrogens with zero attached hydrogens (tertiary/aromatic N) is 3. The van der Waals surface area contributed by atoms with Crippen LogP contribution >= 0.6 is 0 Å². The third-order valence-electron chi connectivity index (χ3n) is 7.04. The molecule has 0 saturated carbocycles. The molecule has 227 valence electrons. The summed E-state index contributed by atoms with van der Waals surface area (Å²) in [7, 11) is 0. The van der Waals surface area contributed by atoms with Crippen molar-refractivity contribution in [2.75, 3.05) is 0 Å². The second-order valence-electron chi connectivity index (χ2n) is 11.3. The van der Waals surface area contributed by atoms with Crippen molar-refractivity contribution in [1.82, 2.24) is 15.0 Å². The third-order valence-corrected chi connectivity index (χ3v) is 7.04. The Morgan fingerprint density at radius 2 is 1.64 bits per heavy atom. The topological polar surface area (TPSA) is 51.8 Å². The van der Waals surface area contributed by atoms with Crippen molar-refractivity contribution in [2.24, 2.45) is 0 Å². The maximum atomic E-state index is 8.65. The first-order chi connectivity index (χ1) is 24.1. The van der Waals surface area contributed by atoms with E-state index in [0.717, 1.165) is 33.3 Å². The SMILES string of the molecule is [2H]C([2H])([2H])c1ccc(-c2[c-]cccc2)nc1.[2H]C([2H])(c1ccccc1)C([2H])([2H])c1ccc2c(n1)oc1c(-c3cc(C(C)(C)C)ccn3)[c-]ccc12.[Ir]. The second-order valence-corrected chi connectivity index (χ2v) is 11.3. The number of pyridine rings is 3. The summed E-state index contributed by atoms with van der Waals surface area (Å²) in [6.07, 6.45) is -1.51. The summed E-state index contributed by atoms with van der Waals surface area (Å²) >= 11 is 0. The van der Waals surface area contributed by atoms with Gasteiger partial charge in [-0.25, -0.2) is 4.98 Å². The van der Waals surface area contributed by atoms with Gasteiger partial charge in [0, 0.05) is 53.2 Å². The molecule has 1 radical (unpaired) electrons. The fourth-order valence-electron chi connectivity index (χ4n) is 4.68. The number of furan rings is 1. The normalized spacial score (nSPS) is 14.3. The fourth-order valence-corrected chi connectivity index (χ4v) is 4.68. The Morgan fingerprint density at radius 1 is 0.800 bits per heavy atom. The first-order valence-electron chi connectivity index (χ1n) is 17.8. The number of benzene rings is 3. The van der Waals surface area contributed by atoms with E-state index in [1.807, 2.05) is 42.5 Å². The molecule has 4 aromatic heterocycles. The van der Waals surface area contributed by atoms with Crippen molar-refractivity contribution in [1.29, 1.82) is 0 Å². The van der Waals surface area contributed by atoms with Gasteiger partial charge >= 0.3 is 0 Å². The van der Waals surface area contributed by atoms with E-state index in [9.17, 15) is 0 Å². The molecular weight excluding hydrogens is 731 g/mol. The van der Waals surface area contributed by atoms with Crippen molar-refractivity contribution >= 4 is 22.1 Å². The van der Waals surface area contributed by atoms with Gasteiger partial charge in [-0.15, -0.1) is 54.1 Å². The summed E-state index contributed by atoms with van der Waals surface area (Å²) in [6.45, 7) is 4.34. The van der Waals surface area contributed by atoms with Crippen LogP contribution in [0.3, 0.4) is 0 Å². The minimum Gasteiger partial charge on any atom is -0.486 e. The number of hydrogen-bond acceptors (Lipinski definition) is 4. The molecule has 3 aromatic carbocycles. The molecule has 0 unspecified atom stereocenters. The van der Waals surface area contributed by atoms with Gasteiger partial charge in [-0.2, -0.15) is 0 Å². The standard InChI is InChI=1S/C28H25N2O.C12H10N.Ir/c1-28(2,3)20-16-17-29-25(18-20)24-11-7-10-22-23-15-14-21(30-27(23)31-26(22)24)13-12-19-8-5-4-6-9-19;1-10-7-8-12(13-9-10)11-5-3-2-4-6-11;/h4-10,14-18H,12-13H2,1-3H3;2-5,7-9H,1H3;/q2*-1;/i12D2,13D2;1D3;. The van der Waals surface area contributed by atoms with E-state index in [0.29, 0.717) is 11.1 Å². The number of hydrogen-bond donors (Lipinski definition) is 0. The van der Waals surface area contributed by atoms with Gasteiger partial charge in [0.2, 0.25) is 5.71 Å². The summed E-state index contributed by atoms with van der Waals surface area (Å²) < 4.78 is 62.2. The zero-order chi connectivity index (χ0) is 36.6. The first-order valence-corrected chi connectivity index (χ1v) is 14.3. The van der Waals surface area contributed by atoms with Crippen LogP contribution in [0.25, 0.3) is 44.6 Å². The molecule has 0 spiro atoms.